The van der Waals surface area contributed by atoms with Crippen LogP contribution in [0.3, 0.4) is 0 Å². The first kappa shape index (κ1) is 10.1. The molecule has 0 bridgehead atoms. The lowest BCUT2D eigenvalue weighted by atomic mass is 9.84. The Balaban J connectivity index is 2.11. The molecule has 2 aliphatic rings. The largest absolute Gasteiger partial charge is 0.213 e. The Kier molecular flexibility index (Phi) is 1.74. The lowest BCUT2D eigenvalue weighted by molar-refractivity contribution is -0.692. The molecule has 0 radical (unpaired) electrons. The average Bonchev–Trinajstić information content (AvgIpc) is 3.06. The molecule has 1 aromatic heterocycles. The van der Waals surface area contributed by atoms with Crippen LogP contribution >= 0.6 is 0 Å². The second-order valence-electron chi connectivity index (χ2n) is 5.29. The molecule has 2 unspecified atom stereocenters. The number of nitrogens with zero attached hydrogens (tertiary/aromatic N) is 1. The molecule has 1 aliphatic carbocycles. The summed E-state index contributed by atoms with van der Waals surface area (Å²) >= 11 is 0. The van der Waals surface area contributed by atoms with Crippen LogP contribution in [0.5, 0.6) is 0 Å². The lowest BCUT2D eigenvalue weighted by Crippen LogP contribution is -2.41. The molecule has 1 saturated carbocycles. The van der Waals surface area contributed by atoms with Crippen molar-refractivity contribution >= 4 is 0 Å². The number of hydrogen-bond donors (Lipinski definition) is 0. The fourth-order valence-corrected chi connectivity index (χ4v) is 3.76. The van der Waals surface area contributed by atoms with Crippen molar-refractivity contribution in [3.8, 4) is 11.3 Å². The van der Waals surface area contributed by atoms with Crippen LogP contribution in [0.15, 0.2) is 60.8 Å². The van der Waals surface area contributed by atoms with Gasteiger partial charge in [0.2, 0.25) is 5.69 Å². The molecule has 4 rings (SSSR count). The zero-order valence-corrected chi connectivity index (χ0v) is 10.6. The standard InChI is InChI=1S/C17H16N/c1-3-17-12(2)16(17)18-11-7-6-10-15(18)13-8-4-5-9-14(13)17/h4-11,16H,2-3H2,1H3/q+1. The molecule has 2 heterocycles. The Bertz CT molecular complexity index is 671. The zero-order valence-electron chi connectivity index (χ0n) is 10.6. The Hall–Kier alpha value is -1.89. The second-order valence-corrected chi connectivity index (χ2v) is 5.29. The van der Waals surface area contributed by atoms with E-state index in [0.29, 0.717) is 6.04 Å². The summed E-state index contributed by atoms with van der Waals surface area (Å²) in [6.45, 7) is 6.61. The van der Waals surface area contributed by atoms with Gasteiger partial charge < -0.3 is 0 Å². The molecule has 18 heavy (non-hydrogen) atoms. The molecule has 2 aromatic rings. The topological polar surface area (TPSA) is 3.88 Å². The van der Waals surface area contributed by atoms with Gasteiger partial charge in [-0.3, -0.25) is 0 Å². The van der Waals surface area contributed by atoms with Crippen LogP contribution in [0.1, 0.15) is 24.9 Å². The summed E-state index contributed by atoms with van der Waals surface area (Å²) in [6.07, 6.45) is 3.33. The monoisotopic (exact) mass is 234 g/mol. The molecular formula is C17H16N+. The van der Waals surface area contributed by atoms with E-state index in [0.717, 1.165) is 6.42 Å². The van der Waals surface area contributed by atoms with E-state index < -0.39 is 0 Å². The van der Waals surface area contributed by atoms with E-state index in [1.54, 1.807) is 0 Å². The normalized spacial score (nSPS) is 27.2. The third kappa shape index (κ3) is 0.928. The molecule has 1 aliphatic heterocycles. The van der Waals surface area contributed by atoms with Crippen LogP contribution in [0, 0.1) is 0 Å². The van der Waals surface area contributed by atoms with E-state index >= 15 is 0 Å². The van der Waals surface area contributed by atoms with Gasteiger partial charge in [0, 0.05) is 17.7 Å². The van der Waals surface area contributed by atoms with Gasteiger partial charge in [-0.1, -0.05) is 31.7 Å². The second kappa shape index (κ2) is 3.11. The predicted octanol–water partition coefficient (Wildman–Crippen LogP) is 3.41. The van der Waals surface area contributed by atoms with Gasteiger partial charge in [-0.2, -0.15) is 4.57 Å². The summed E-state index contributed by atoms with van der Waals surface area (Å²) in [5.41, 5.74) is 5.71. The minimum atomic E-state index is 0.190. The highest BCUT2D eigenvalue weighted by Crippen LogP contribution is 2.65. The maximum Gasteiger partial charge on any atom is 0.213 e. The highest BCUT2D eigenvalue weighted by atomic mass is 15.1. The van der Waals surface area contributed by atoms with Crippen molar-refractivity contribution in [2.75, 3.05) is 0 Å². The Labute approximate surface area is 107 Å². The third-order valence-electron chi connectivity index (χ3n) is 4.70. The van der Waals surface area contributed by atoms with Crippen molar-refractivity contribution in [1.29, 1.82) is 0 Å². The highest BCUT2D eigenvalue weighted by molar-refractivity contribution is 5.71. The van der Waals surface area contributed by atoms with Gasteiger partial charge in [-0.05, 0) is 24.1 Å². The molecule has 0 N–H and O–H groups in total. The SMILES string of the molecule is C=C1C2[n+]3ccccc3-c3ccccc3C12CC. The molecule has 1 nitrogen and oxygen atoms in total. The lowest BCUT2D eigenvalue weighted by Gasteiger charge is -2.21. The van der Waals surface area contributed by atoms with Gasteiger partial charge in [0.1, 0.15) is 0 Å². The number of rotatable bonds is 1. The molecule has 1 heteroatoms. The molecule has 88 valence electrons. The van der Waals surface area contributed by atoms with E-state index in [2.05, 4.69) is 66.7 Å². The summed E-state index contributed by atoms with van der Waals surface area (Å²) in [5.74, 6) is 0. The summed E-state index contributed by atoms with van der Waals surface area (Å²) in [4.78, 5) is 0. The van der Waals surface area contributed by atoms with E-state index in [9.17, 15) is 0 Å². The van der Waals surface area contributed by atoms with E-state index in [4.69, 9.17) is 0 Å². The molecule has 0 saturated heterocycles. The molecule has 1 fully saturated rings. The Morgan fingerprint density at radius 3 is 2.78 bits per heavy atom. The number of fused-ring (bicyclic) bond motifs is 6. The van der Waals surface area contributed by atoms with Crippen molar-refractivity contribution < 1.29 is 4.57 Å². The number of hydrogen-bond acceptors (Lipinski definition) is 0. The molecule has 0 spiro atoms. The minimum absolute atomic E-state index is 0.190. The molecular weight excluding hydrogens is 218 g/mol. The summed E-state index contributed by atoms with van der Waals surface area (Å²) in [6, 6.07) is 15.7. The first-order chi connectivity index (χ1) is 8.80. The van der Waals surface area contributed by atoms with Crippen LogP contribution in [0.25, 0.3) is 11.3 Å². The predicted molar refractivity (Wildman–Crippen MR) is 72.2 cm³/mol. The van der Waals surface area contributed by atoms with Gasteiger partial charge in [0.15, 0.2) is 12.2 Å². The van der Waals surface area contributed by atoms with Crippen molar-refractivity contribution in [2.45, 2.75) is 24.8 Å². The fourth-order valence-electron chi connectivity index (χ4n) is 3.76. The van der Waals surface area contributed by atoms with Crippen LogP contribution < -0.4 is 4.57 Å². The Morgan fingerprint density at radius 1 is 1.17 bits per heavy atom. The third-order valence-corrected chi connectivity index (χ3v) is 4.70. The van der Waals surface area contributed by atoms with Crippen molar-refractivity contribution in [1.82, 2.24) is 0 Å². The number of benzene rings is 1. The first-order valence-corrected chi connectivity index (χ1v) is 6.60. The maximum atomic E-state index is 4.33. The quantitative estimate of drug-likeness (QED) is 0.526. The van der Waals surface area contributed by atoms with Crippen LogP contribution in [0.4, 0.5) is 0 Å². The van der Waals surface area contributed by atoms with E-state index in [1.165, 1.54) is 22.4 Å². The summed E-state index contributed by atoms with van der Waals surface area (Å²) in [5, 5.41) is 0. The van der Waals surface area contributed by atoms with Crippen LogP contribution in [-0.2, 0) is 5.41 Å². The minimum Gasteiger partial charge on any atom is -0.190 e. The fraction of sp³-hybridized carbons (Fsp3) is 0.235. The van der Waals surface area contributed by atoms with Gasteiger partial charge in [0.05, 0.1) is 11.0 Å². The van der Waals surface area contributed by atoms with Gasteiger partial charge in [0.25, 0.3) is 0 Å². The van der Waals surface area contributed by atoms with Gasteiger partial charge >= 0.3 is 0 Å². The number of aromatic nitrogens is 1. The summed E-state index contributed by atoms with van der Waals surface area (Å²) in [7, 11) is 0. The van der Waals surface area contributed by atoms with E-state index in [1.807, 2.05) is 0 Å². The van der Waals surface area contributed by atoms with Crippen molar-refractivity contribution in [2.24, 2.45) is 0 Å². The smallest absolute Gasteiger partial charge is 0.190 e. The van der Waals surface area contributed by atoms with Crippen molar-refractivity contribution in [3.63, 3.8) is 0 Å². The molecule has 1 aromatic carbocycles. The van der Waals surface area contributed by atoms with Gasteiger partial charge in [-0.25, -0.2) is 0 Å². The van der Waals surface area contributed by atoms with E-state index in [-0.39, 0.29) is 5.41 Å². The summed E-state index contributed by atoms with van der Waals surface area (Å²) < 4.78 is 2.40. The Morgan fingerprint density at radius 2 is 1.94 bits per heavy atom. The molecule has 0 amide bonds. The zero-order chi connectivity index (χ0) is 12.3. The highest BCUT2D eigenvalue weighted by Gasteiger charge is 2.69. The average molecular weight is 234 g/mol. The number of pyridine rings is 1. The van der Waals surface area contributed by atoms with Crippen molar-refractivity contribution in [3.05, 3.63) is 66.4 Å². The van der Waals surface area contributed by atoms with Gasteiger partial charge in [-0.15, -0.1) is 0 Å². The number of allylic oxidation sites excluding steroid dienone is 1. The van der Waals surface area contributed by atoms with Crippen LogP contribution in [-0.4, -0.2) is 0 Å². The van der Waals surface area contributed by atoms with Crippen LogP contribution in [0.2, 0.25) is 0 Å². The molecule has 2 atom stereocenters. The first-order valence-electron chi connectivity index (χ1n) is 6.60. The maximum absolute atomic E-state index is 4.33.